The molecule has 1 N–H and O–H groups in total. The molecule has 0 radical (unpaired) electrons. The van der Waals surface area contributed by atoms with Gasteiger partial charge in [0.05, 0.1) is 11.8 Å². The van der Waals surface area contributed by atoms with Crippen molar-refractivity contribution >= 4 is 50.2 Å². The maximum absolute atomic E-state index is 12.7. The zero-order valence-corrected chi connectivity index (χ0v) is 12.7. The minimum atomic E-state index is -0.441. The van der Waals surface area contributed by atoms with Crippen LogP contribution in [0.1, 0.15) is 10.4 Å². The number of carbonyl (C=O) groups is 1. The predicted molar refractivity (Wildman–Crippen MR) is 79.0 cm³/mol. The molecule has 0 aliphatic heterocycles. The van der Waals surface area contributed by atoms with E-state index in [0.717, 1.165) is 9.77 Å². The van der Waals surface area contributed by atoms with Gasteiger partial charge >= 0.3 is 0 Å². The highest BCUT2D eigenvalue weighted by Crippen LogP contribution is 2.20. The molecular weight excluding hydrogens is 414 g/mol. The van der Waals surface area contributed by atoms with Gasteiger partial charge < -0.3 is 5.32 Å². The van der Waals surface area contributed by atoms with E-state index in [-0.39, 0.29) is 5.91 Å². The van der Waals surface area contributed by atoms with Gasteiger partial charge in [-0.2, -0.15) is 0 Å². The molecule has 0 unspecified atom stereocenters. The number of nitrogens with one attached hydrogen (secondary N) is 1. The third-order valence-corrected chi connectivity index (χ3v) is 3.50. The highest BCUT2D eigenvalue weighted by molar-refractivity contribution is 14.1. The van der Waals surface area contributed by atoms with Gasteiger partial charge in [-0.25, -0.2) is 9.37 Å². The van der Waals surface area contributed by atoms with Crippen molar-refractivity contribution in [3.05, 3.63) is 56.0 Å². The van der Waals surface area contributed by atoms with Crippen molar-refractivity contribution in [1.82, 2.24) is 4.98 Å². The average molecular weight is 421 g/mol. The minimum absolute atomic E-state index is 0.292. The van der Waals surface area contributed by atoms with Crippen LogP contribution in [0.2, 0.25) is 0 Å². The molecule has 0 aliphatic carbocycles. The average Bonchev–Trinajstić information content (AvgIpc) is 2.35. The van der Waals surface area contributed by atoms with E-state index in [1.165, 1.54) is 12.1 Å². The topological polar surface area (TPSA) is 42.0 Å². The Morgan fingerprint density at radius 1 is 1.33 bits per heavy atom. The van der Waals surface area contributed by atoms with Crippen molar-refractivity contribution in [1.29, 1.82) is 0 Å². The molecule has 1 aromatic heterocycles. The fourth-order valence-electron chi connectivity index (χ4n) is 1.30. The van der Waals surface area contributed by atoms with E-state index in [2.05, 4.69) is 48.8 Å². The highest BCUT2D eigenvalue weighted by atomic mass is 127. The zero-order chi connectivity index (χ0) is 13.1. The molecule has 18 heavy (non-hydrogen) atoms. The standard InChI is InChI=1S/C12H7BrFIN2O/c13-10-3-2-8(15)5-9(10)12(18)17-11-4-1-7(14)6-16-11/h1-6H,(H,16,17,18). The van der Waals surface area contributed by atoms with Crippen LogP contribution in [-0.4, -0.2) is 10.9 Å². The van der Waals surface area contributed by atoms with Crippen LogP contribution in [0.3, 0.4) is 0 Å². The van der Waals surface area contributed by atoms with Crippen LogP contribution in [0, 0.1) is 9.39 Å². The monoisotopic (exact) mass is 420 g/mol. The number of nitrogens with zero attached hydrogens (tertiary/aromatic N) is 1. The van der Waals surface area contributed by atoms with Crippen LogP contribution in [-0.2, 0) is 0 Å². The molecule has 0 spiro atoms. The van der Waals surface area contributed by atoms with E-state index in [4.69, 9.17) is 0 Å². The minimum Gasteiger partial charge on any atom is -0.307 e. The first-order chi connectivity index (χ1) is 8.56. The lowest BCUT2D eigenvalue weighted by molar-refractivity contribution is 0.102. The Kier molecular flexibility index (Phi) is 4.28. The fourth-order valence-corrected chi connectivity index (χ4v) is 2.22. The molecule has 1 aromatic carbocycles. The van der Waals surface area contributed by atoms with Crippen LogP contribution < -0.4 is 5.32 Å². The molecule has 0 aliphatic rings. The summed E-state index contributed by atoms with van der Waals surface area (Å²) in [7, 11) is 0. The molecule has 3 nitrogen and oxygen atoms in total. The highest BCUT2D eigenvalue weighted by Gasteiger charge is 2.11. The number of pyridine rings is 1. The van der Waals surface area contributed by atoms with Crippen LogP contribution >= 0.6 is 38.5 Å². The molecular formula is C12H7BrFIN2O. The van der Waals surface area contributed by atoms with E-state index in [9.17, 15) is 9.18 Å². The fraction of sp³-hybridized carbons (Fsp3) is 0. The maximum Gasteiger partial charge on any atom is 0.257 e. The van der Waals surface area contributed by atoms with Gasteiger partial charge in [0.15, 0.2) is 0 Å². The van der Waals surface area contributed by atoms with Crippen molar-refractivity contribution in [2.24, 2.45) is 0 Å². The summed E-state index contributed by atoms with van der Waals surface area (Å²) in [6, 6.07) is 8.09. The molecule has 1 amide bonds. The summed E-state index contributed by atoms with van der Waals surface area (Å²) in [5, 5.41) is 2.60. The second-order valence-electron chi connectivity index (χ2n) is 3.44. The van der Waals surface area contributed by atoms with Crippen LogP contribution in [0.25, 0.3) is 0 Å². The number of carbonyl (C=O) groups excluding carboxylic acids is 1. The van der Waals surface area contributed by atoms with Crippen LogP contribution in [0.15, 0.2) is 41.0 Å². The Bertz CT molecular complexity index is 589. The van der Waals surface area contributed by atoms with Gasteiger partial charge in [-0.1, -0.05) is 0 Å². The first-order valence-electron chi connectivity index (χ1n) is 4.94. The van der Waals surface area contributed by atoms with Crippen molar-refractivity contribution in [2.75, 3.05) is 5.32 Å². The SMILES string of the molecule is O=C(Nc1ccc(F)cn1)c1cc(I)ccc1Br. The second kappa shape index (κ2) is 5.75. The summed E-state index contributed by atoms with van der Waals surface area (Å²) in [5.74, 6) is -0.421. The van der Waals surface area contributed by atoms with E-state index in [1.54, 1.807) is 12.1 Å². The van der Waals surface area contributed by atoms with Gasteiger partial charge in [0, 0.05) is 8.04 Å². The molecule has 0 atom stereocenters. The molecule has 92 valence electrons. The number of anilines is 1. The van der Waals surface area contributed by atoms with Crippen molar-refractivity contribution in [3.8, 4) is 0 Å². The molecule has 2 aromatic rings. The Morgan fingerprint density at radius 3 is 2.78 bits per heavy atom. The second-order valence-corrected chi connectivity index (χ2v) is 5.54. The molecule has 6 heteroatoms. The third kappa shape index (κ3) is 3.26. The van der Waals surface area contributed by atoms with Gasteiger partial charge in [0.25, 0.3) is 5.91 Å². The van der Waals surface area contributed by atoms with Crippen molar-refractivity contribution in [3.63, 3.8) is 0 Å². The summed E-state index contributed by atoms with van der Waals surface area (Å²) >= 11 is 5.44. The van der Waals surface area contributed by atoms with E-state index in [0.29, 0.717) is 15.9 Å². The summed E-state index contributed by atoms with van der Waals surface area (Å²) in [6.07, 6.45) is 1.05. The van der Waals surface area contributed by atoms with Crippen LogP contribution in [0.4, 0.5) is 10.2 Å². The Balaban J connectivity index is 2.21. The predicted octanol–water partition coefficient (Wildman–Crippen LogP) is 3.84. The van der Waals surface area contributed by atoms with Gasteiger partial charge in [-0.05, 0) is 68.9 Å². The lowest BCUT2D eigenvalue weighted by Gasteiger charge is -2.06. The Hall–Kier alpha value is -1.02. The van der Waals surface area contributed by atoms with Gasteiger partial charge in [0.1, 0.15) is 11.6 Å². The van der Waals surface area contributed by atoms with Crippen LogP contribution in [0.5, 0.6) is 0 Å². The van der Waals surface area contributed by atoms with Crippen molar-refractivity contribution < 1.29 is 9.18 Å². The molecule has 1 heterocycles. The summed E-state index contributed by atoms with van der Waals surface area (Å²) in [5.41, 5.74) is 0.507. The maximum atomic E-state index is 12.7. The molecule has 0 saturated heterocycles. The largest absolute Gasteiger partial charge is 0.307 e. The normalized spacial score (nSPS) is 10.2. The number of aromatic nitrogens is 1. The molecule has 0 fully saturated rings. The smallest absolute Gasteiger partial charge is 0.257 e. The number of benzene rings is 1. The molecule has 0 saturated carbocycles. The lowest BCUT2D eigenvalue weighted by Crippen LogP contribution is -2.13. The van der Waals surface area contributed by atoms with E-state index >= 15 is 0 Å². The van der Waals surface area contributed by atoms with Crippen molar-refractivity contribution in [2.45, 2.75) is 0 Å². The molecule has 0 bridgehead atoms. The van der Waals surface area contributed by atoms with E-state index < -0.39 is 5.82 Å². The summed E-state index contributed by atoms with van der Waals surface area (Å²) < 4.78 is 14.3. The van der Waals surface area contributed by atoms with Gasteiger partial charge in [0.2, 0.25) is 0 Å². The summed E-state index contributed by atoms with van der Waals surface area (Å²) in [4.78, 5) is 15.8. The Labute approximate surface area is 125 Å². The van der Waals surface area contributed by atoms with Gasteiger partial charge in [-0.3, -0.25) is 4.79 Å². The summed E-state index contributed by atoms with van der Waals surface area (Å²) in [6.45, 7) is 0. The first kappa shape index (κ1) is 13.4. The lowest BCUT2D eigenvalue weighted by atomic mass is 10.2. The number of amides is 1. The first-order valence-corrected chi connectivity index (χ1v) is 6.81. The zero-order valence-electron chi connectivity index (χ0n) is 8.95. The molecule has 2 rings (SSSR count). The van der Waals surface area contributed by atoms with E-state index in [1.807, 2.05) is 6.07 Å². The van der Waals surface area contributed by atoms with Gasteiger partial charge in [-0.15, -0.1) is 0 Å². The number of halogens is 3. The number of hydrogen-bond donors (Lipinski definition) is 1. The number of rotatable bonds is 2. The quantitative estimate of drug-likeness (QED) is 0.750. The third-order valence-electron chi connectivity index (χ3n) is 2.14. The Morgan fingerprint density at radius 2 is 2.11 bits per heavy atom. The number of hydrogen-bond acceptors (Lipinski definition) is 2.